The van der Waals surface area contributed by atoms with Crippen LogP contribution in [-0.4, -0.2) is 26.2 Å². The molecule has 0 aliphatic heterocycles. The van der Waals surface area contributed by atoms with Crippen LogP contribution in [0.5, 0.6) is 5.75 Å². The van der Waals surface area contributed by atoms with E-state index in [0.29, 0.717) is 12.1 Å². The number of H-pyrrole nitrogens is 1. The van der Waals surface area contributed by atoms with Gasteiger partial charge >= 0.3 is 6.18 Å². The first kappa shape index (κ1) is 20.4. The van der Waals surface area contributed by atoms with Crippen molar-refractivity contribution in [2.75, 3.05) is 6.61 Å². The molecule has 1 N–H and O–H groups in total. The molecule has 0 amide bonds. The average molecular weight is 440 g/mol. The zero-order chi connectivity index (χ0) is 20.7. The van der Waals surface area contributed by atoms with Crippen molar-refractivity contribution in [2.45, 2.75) is 16.8 Å². The molecule has 0 fully saturated rings. The molecule has 3 aromatic rings. The number of sulfone groups is 1. The topological polar surface area (TPSA) is 59.2 Å². The number of hydrogen-bond acceptors (Lipinski definition) is 3. The fourth-order valence-electron chi connectivity index (χ4n) is 2.55. The van der Waals surface area contributed by atoms with Crippen molar-refractivity contribution >= 4 is 32.3 Å². The Kier molecular flexibility index (Phi) is 5.28. The van der Waals surface area contributed by atoms with E-state index in [1.807, 2.05) is 0 Å². The number of nitrogens with one attached hydrogen (secondary N) is 1. The van der Waals surface area contributed by atoms with E-state index >= 15 is 0 Å². The molecule has 11 heteroatoms. The van der Waals surface area contributed by atoms with Crippen LogP contribution < -0.4 is 4.74 Å². The molecular formula is C17H11ClF5NO3S. The van der Waals surface area contributed by atoms with E-state index in [1.165, 1.54) is 18.2 Å². The molecule has 0 saturated carbocycles. The van der Waals surface area contributed by atoms with E-state index in [-0.39, 0.29) is 21.5 Å². The predicted molar refractivity (Wildman–Crippen MR) is 92.1 cm³/mol. The van der Waals surface area contributed by atoms with Crippen molar-refractivity contribution < 1.29 is 35.1 Å². The van der Waals surface area contributed by atoms with E-state index in [0.717, 1.165) is 6.20 Å². The quantitative estimate of drug-likeness (QED) is 0.449. The molecule has 0 atom stereocenters. The highest BCUT2D eigenvalue weighted by molar-refractivity contribution is 7.90. The van der Waals surface area contributed by atoms with E-state index < -0.39 is 50.6 Å². The number of hydrogen-bond donors (Lipinski definition) is 1. The second-order valence-electron chi connectivity index (χ2n) is 5.88. The molecule has 0 saturated heterocycles. The second-order valence-corrected chi connectivity index (χ2v) is 8.25. The van der Waals surface area contributed by atoms with Gasteiger partial charge in [-0.2, -0.15) is 13.2 Å². The fourth-order valence-corrected chi connectivity index (χ4v) is 4.24. The summed E-state index contributed by atoms with van der Waals surface area (Å²) in [4.78, 5) is 2.41. The van der Waals surface area contributed by atoms with Crippen LogP contribution in [0.25, 0.3) is 10.9 Å². The number of aromatic amines is 1. The number of benzene rings is 2. The van der Waals surface area contributed by atoms with Gasteiger partial charge in [-0.25, -0.2) is 17.2 Å². The molecular weight excluding hydrogens is 429 g/mol. The standard InChI is InChI=1S/C17H11ClF5NO3S/c18-12-5-13(19)9(3-14(12)20)7-28(25,26)16-6-24-15-4-10(1-2-11(15)16)27-8-17(21,22)23/h1-6,24H,7-8H2. The fraction of sp³-hybridized carbons (Fsp3) is 0.176. The van der Waals surface area contributed by atoms with Gasteiger partial charge < -0.3 is 9.72 Å². The minimum Gasteiger partial charge on any atom is -0.484 e. The van der Waals surface area contributed by atoms with Crippen LogP contribution in [0.1, 0.15) is 5.56 Å². The molecule has 0 aliphatic carbocycles. The first-order chi connectivity index (χ1) is 13.0. The van der Waals surface area contributed by atoms with Crippen molar-refractivity contribution in [1.29, 1.82) is 0 Å². The maximum atomic E-state index is 13.9. The van der Waals surface area contributed by atoms with Crippen molar-refractivity contribution in [3.8, 4) is 5.75 Å². The number of fused-ring (bicyclic) bond motifs is 1. The van der Waals surface area contributed by atoms with Crippen LogP contribution in [0.3, 0.4) is 0 Å². The van der Waals surface area contributed by atoms with E-state index in [4.69, 9.17) is 11.6 Å². The summed E-state index contributed by atoms with van der Waals surface area (Å²) in [5, 5.41) is -0.300. The molecule has 0 radical (unpaired) electrons. The van der Waals surface area contributed by atoms with Gasteiger partial charge in [-0.3, -0.25) is 0 Å². The molecule has 0 bridgehead atoms. The zero-order valence-electron chi connectivity index (χ0n) is 13.8. The summed E-state index contributed by atoms with van der Waals surface area (Å²) < 4.78 is 94.0. The Morgan fingerprint density at radius 3 is 2.46 bits per heavy atom. The summed E-state index contributed by atoms with van der Waals surface area (Å²) in [7, 11) is -4.10. The first-order valence-corrected chi connectivity index (χ1v) is 9.66. The van der Waals surface area contributed by atoms with Crippen molar-refractivity contribution in [2.24, 2.45) is 0 Å². The van der Waals surface area contributed by atoms with Crippen LogP contribution >= 0.6 is 11.6 Å². The molecule has 28 heavy (non-hydrogen) atoms. The summed E-state index contributed by atoms with van der Waals surface area (Å²) in [5.41, 5.74) is -0.192. The summed E-state index contributed by atoms with van der Waals surface area (Å²) in [6.45, 7) is -1.49. The largest absolute Gasteiger partial charge is 0.484 e. The Balaban J connectivity index is 1.91. The van der Waals surface area contributed by atoms with Gasteiger partial charge in [0, 0.05) is 23.2 Å². The van der Waals surface area contributed by atoms with Crippen LogP contribution in [0, 0.1) is 11.6 Å². The SMILES string of the molecule is O=S(=O)(Cc1cc(F)c(Cl)cc1F)c1c[nH]c2cc(OCC(F)(F)F)ccc12. The number of alkyl halides is 3. The lowest BCUT2D eigenvalue weighted by molar-refractivity contribution is -0.153. The highest BCUT2D eigenvalue weighted by atomic mass is 35.5. The predicted octanol–water partition coefficient (Wildman–Crippen LogP) is 5.01. The van der Waals surface area contributed by atoms with Gasteiger partial charge in [0.25, 0.3) is 0 Å². The maximum Gasteiger partial charge on any atom is 0.422 e. The Bertz CT molecular complexity index is 1140. The third kappa shape index (κ3) is 4.39. The average Bonchev–Trinajstić information content (AvgIpc) is 3.01. The number of rotatable bonds is 5. The normalized spacial score (nSPS) is 12.5. The molecule has 0 aliphatic rings. The molecule has 1 aromatic heterocycles. The molecule has 1 heterocycles. The van der Waals surface area contributed by atoms with Gasteiger partial charge in [0.2, 0.25) is 0 Å². The molecule has 2 aromatic carbocycles. The van der Waals surface area contributed by atoms with E-state index in [2.05, 4.69) is 9.72 Å². The first-order valence-electron chi connectivity index (χ1n) is 7.63. The van der Waals surface area contributed by atoms with Crippen LogP contribution in [0.15, 0.2) is 41.4 Å². The van der Waals surface area contributed by atoms with Crippen molar-refractivity contribution in [1.82, 2.24) is 4.98 Å². The van der Waals surface area contributed by atoms with Gasteiger partial charge in [0.05, 0.1) is 21.2 Å². The van der Waals surface area contributed by atoms with Gasteiger partial charge in [-0.15, -0.1) is 0 Å². The zero-order valence-corrected chi connectivity index (χ0v) is 15.4. The third-order valence-corrected chi connectivity index (χ3v) is 5.78. The Morgan fingerprint density at radius 1 is 1.07 bits per heavy atom. The molecule has 3 rings (SSSR count). The summed E-state index contributed by atoms with van der Waals surface area (Å²) in [5.74, 6) is -2.87. The summed E-state index contributed by atoms with van der Waals surface area (Å²) in [6, 6.07) is 5.05. The minimum atomic E-state index is -4.52. The maximum absolute atomic E-state index is 13.9. The van der Waals surface area contributed by atoms with Gasteiger partial charge in [0.15, 0.2) is 16.4 Å². The smallest absolute Gasteiger partial charge is 0.422 e. The van der Waals surface area contributed by atoms with Gasteiger partial charge in [0.1, 0.15) is 17.4 Å². The number of aromatic nitrogens is 1. The van der Waals surface area contributed by atoms with Crippen molar-refractivity contribution in [3.63, 3.8) is 0 Å². The molecule has 0 unspecified atom stereocenters. The Morgan fingerprint density at radius 2 is 1.79 bits per heavy atom. The Hall–Kier alpha value is -2.33. The van der Waals surface area contributed by atoms with Gasteiger partial charge in [-0.05, 0) is 24.3 Å². The van der Waals surface area contributed by atoms with E-state index in [9.17, 15) is 30.4 Å². The van der Waals surface area contributed by atoms with Crippen molar-refractivity contribution in [3.05, 3.63) is 58.7 Å². The second kappa shape index (κ2) is 7.25. The monoisotopic (exact) mass is 439 g/mol. The lowest BCUT2D eigenvalue weighted by atomic mass is 10.2. The minimum absolute atomic E-state index is 0.110. The molecule has 150 valence electrons. The van der Waals surface area contributed by atoms with E-state index in [1.54, 1.807) is 0 Å². The lowest BCUT2D eigenvalue weighted by Crippen LogP contribution is -2.19. The highest BCUT2D eigenvalue weighted by Crippen LogP contribution is 2.30. The van der Waals surface area contributed by atoms with Crippen LogP contribution in [-0.2, 0) is 15.6 Å². The van der Waals surface area contributed by atoms with Gasteiger partial charge in [-0.1, -0.05) is 11.6 Å². The van der Waals surface area contributed by atoms with Crippen LogP contribution in [0.4, 0.5) is 22.0 Å². The lowest BCUT2D eigenvalue weighted by Gasteiger charge is -2.09. The molecule has 4 nitrogen and oxygen atoms in total. The summed E-state index contributed by atoms with van der Waals surface area (Å²) >= 11 is 5.45. The van der Waals surface area contributed by atoms with Crippen LogP contribution in [0.2, 0.25) is 5.02 Å². The summed E-state index contributed by atoms with van der Waals surface area (Å²) in [6.07, 6.45) is -3.39. The Labute approximate surface area is 160 Å². The number of ether oxygens (including phenoxy) is 1. The third-order valence-electron chi connectivity index (χ3n) is 3.79. The highest BCUT2D eigenvalue weighted by Gasteiger charge is 2.28. The number of halogens is 6. The molecule has 0 spiro atoms.